The van der Waals surface area contributed by atoms with Gasteiger partial charge in [0.15, 0.2) is 10.7 Å². The second-order valence-corrected chi connectivity index (χ2v) is 6.66. The van der Waals surface area contributed by atoms with Gasteiger partial charge in [0.05, 0.1) is 17.9 Å². The number of thiazole rings is 1. The van der Waals surface area contributed by atoms with E-state index in [2.05, 4.69) is 50.0 Å². The van der Waals surface area contributed by atoms with Gasteiger partial charge in [-0.15, -0.1) is 11.3 Å². The predicted molar refractivity (Wildman–Crippen MR) is 92.7 cm³/mol. The van der Waals surface area contributed by atoms with Crippen LogP contribution in [0.4, 0.5) is 0 Å². The van der Waals surface area contributed by atoms with E-state index in [9.17, 15) is 0 Å². The van der Waals surface area contributed by atoms with Crippen LogP contribution in [0.15, 0.2) is 46.7 Å². The lowest BCUT2D eigenvalue weighted by molar-refractivity contribution is 0.264. The fourth-order valence-corrected chi connectivity index (χ4v) is 3.53. The van der Waals surface area contributed by atoms with Crippen LogP contribution in [0.25, 0.3) is 16.2 Å². The molecule has 0 aromatic carbocycles. The van der Waals surface area contributed by atoms with Crippen molar-refractivity contribution in [1.29, 1.82) is 0 Å². The first-order valence-corrected chi connectivity index (χ1v) is 8.54. The molecular formula is C17H17N5OS. The summed E-state index contributed by atoms with van der Waals surface area (Å²) in [7, 11) is 2.07. The second-order valence-electron chi connectivity index (χ2n) is 5.79. The molecule has 0 aliphatic carbocycles. The Morgan fingerprint density at radius 2 is 2.25 bits per heavy atom. The molecule has 7 heteroatoms. The third-order valence-corrected chi connectivity index (χ3v) is 4.68. The highest BCUT2D eigenvalue weighted by Crippen LogP contribution is 2.21. The Bertz CT molecular complexity index is 956. The van der Waals surface area contributed by atoms with Crippen LogP contribution in [-0.2, 0) is 13.1 Å². The van der Waals surface area contributed by atoms with Crippen LogP contribution in [0.3, 0.4) is 0 Å². The van der Waals surface area contributed by atoms with Crippen LogP contribution in [-0.4, -0.2) is 31.5 Å². The van der Waals surface area contributed by atoms with Crippen molar-refractivity contribution < 1.29 is 4.52 Å². The van der Waals surface area contributed by atoms with Crippen LogP contribution >= 0.6 is 11.3 Å². The number of fused-ring (bicyclic) bond motifs is 1. The lowest BCUT2D eigenvalue weighted by Gasteiger charge is -2.14. The number of rotatable bonds is 5. The van der Waals surface area contributed by atoms with E-state index in [-0.39, 0.29) is 0 Å². The molecule has 0 N–H and O–H groups in total. The molecule has 0 fully saturated rings. The van der Waals surface area contributed by atoms with Crippen LogP contribution in [0.5, 0.6) is 0 Å². The molecule has 4 aromatic heterocycles. The Kier molecular flexibility index (Phi) is 3.87. The highest BCUT2D eigenvalue weighted by atomic mass is 32.1. The van der Waals surface area contributed by atoms with E-state index in [0.29, 0.717) is 6.54 Å². The minimum atomic E-state index is 0.685. The van der Waals surface area contributed by atoms with Crippen molar-refractivity contribution in [1.82, 2.24) is 24.4 Å². The van der Waals surface area contributed by atoms with E-state index < -0.39 is 0 Å². The number of imidazole rings is 1. The van der Waals surface area contributed by atoms with Crippen molar-refractivity contribution >= 4 is 16.3 Å². The molecule has 6 nitrogen and oxygen atoms in total. The first-order chi connectivity index (χ1) is 11.7. The lowest BCUT2D eigenvalue weighted by Crippen LogP contribution is -2.18. The molecule has 0 saturated carbocycles. The van der Waals surface area contributed by atoms with Gasteiger partial charge in [0.1, 0.15) is 5.69 Å². The molecule has 4 heterocycles. The minimum Gasteiger partial charge on any atom is -0.359 e. The van der Waals surface area contributed by atoms with E-state index in [1.54, 1.807) is 23.7 Å². The smallest absolute Gasteiger partial charge is 0.194 e. The monoisotopic (exact) mass is 339 g/mol. The summed E-state index contributed by atoms with van der Waals surface area (Å²) < 4.78 is 7.62. The molecule has 0 unspecified atom stereocenters. The maximum atomic E-state index is 5.47. The first-order valence-electron chi connectivity index (χ1n) is 7.66. The van der Waals surface area contributed by atoms with Crippen molar-refractivity contribution in [2.75, 3.05) is 7.05 Å². The standard InChI is InChI=1S/C17H17N5OS/c1-12-16(22-6-7-24-17(22)19-12)11-21(2)10-14-8-15(20-23-14)13-4-3-5-18-9-13/h3-9H,10-11H2,1-2H3. The number of hydrogen-bond acceptors (Lipinski definition) is 6. The highest BCUT2D eigenvalue weighted by Gasteiger charge is 2.14. The average molecular weight is 339 g/mol. The zero-order valence-corrected chi connectivity index (χ0v) is 14.3. The van der Waals surface area contributed by atoms with Gasteiger partial charge in [-0.3, -0.25) is 14.3 Å². The topological polar surface area (TPSA) is 59.5 Å². The largest absolute Gasteiger partial charge is 0.359 e. The van der Waals surface area contributed by atoms with Gasteiger partial charge < -0.3 is 4.52 Å². The molecule has 122 valence electrons. The number of aryl methyl sites for hydroxylation is 1. The zero-order chi connectivity index (χ0) is 16.5. The van der Waals surface area contributed by atoms with Gasteiger partial charge in [-0.2, -0.15) is 0 Å². The summed E-state index contributed by atoms with van der Waals surface area (Å²) >= 11 is 1.65. The van der Waals surface area contributed by atoms with E-state index in [1.807, 2.05) is 18.2 Å². The van der Waals surface area contributed by atoms with E-state index in [4.69, 9.17) is 4.52 Å². The van der Waals surface area contributed by atoms with Gasteiger partial charge in [0.2, 0.25) is 0 Å². The van der Waals surface area contributed by atoms with Gasteiger partial charge in [-0.25, -0.2) is 4.98 Å². The number of pyridine rings is 1. The zero-order valence-electron chi connectivity index (χ0n) is 13.5. The Morgan fingerprint density at radius 1 is 1.33 bits per heavy atom. The van der Waals surface area contributed by atoms with Crippen molar-refractivity contribution in [2.24, 2.45) is 0 Å². The molecule has 0 radical (unpaired) electrons. The van der Waals surface area contributed by atoms with Crippen molar-refractivity contribution in [3.8, 4) is 11.3 Å². The molecule has 0 bridgehead atoms. The minimum absolute atomic E-state index is 0.685. The third kappa shape index (κ3) is 2.83. The maximum Gasteiger partial charge on any atom is 0.194 e. The summed E-state index contributed by atoms with van der Waals surface area (Å²) in [6.45, 7) is 3.54. The summed E-state index contributed by atoms with van der Waals surface area (Å²) in [5.41, 5.74) is 4.05. The van der Waals surface area contributed by atoms with Gasteiger partial charge in [0, 0.05) is 42.1 Å². The molecule has 0 atom stereocenters. The molecule has 0 saturated heterocycles. The maximum absolute atomic E-state index is 5.47. The lowest BCUT2D eigenvalue weighted by atomic mass is 10.2. The molecule has 0 aliphatic rings. The van der Waals surface area contributed by atoms with Gasteiger partial charge in [-0.05, 0) is 26.1 Å². The summed E-state index contributed by atoms with van der Waals surface area (Å²) in [6, 6.07) is 5.84. The van der Waals surface area contributed by atoms with Crippen LogP contribution in [0.1, 0.15) is 17.1 Å². The van der Waals surface area contributed by atoms with Gasteiger partial charge in [0.25, 0.3) is 0 Å². The summed E-state index contributed by atoms with van der Waals surface area (Å²) in [4.78, 5) is 11.9. The van der Waals surface area contributed by atoms with Gasteiger partial charge >= 0.3 is 0 Å². The Morgan fingerprint density at radius 3 is 3.08 bits per heavy atom. The summed E-state index contributed by atoms with van der Waals surface area (Å²) in [5.74, 6) is 0.833. The van der Waals surface area contributed by atoms with Crippen molar-refractivity contribution in [2.45, 2.75) is 20.0 Å². The van der Waals surface area contributed by atoms with Crippen LogP contribution in [0, 0.1) is 6.92 Å². The molecule has 0 amide bonds. The SMILES string of the molecule is Cc1nc2sccn2c1CN(C)Cc1cc(-c2cccnc2)no1. The van der Waals surface area contributed by atoms with Crippen molar-refractivity contribution in [3.05, 3.63) is 59.3 Å². The predicted octanol–water partition coefficient (Wildman–Crippen LogP) is 3.39. The third-order valence-electron chi connectivity index (χ3n) is 3.92. The van der Waals surface area contributed by atoms with E-state index >= 15 is 0 Å². The van der Waals surface area contributed by atoms with E-state index in [0.717, 1.165) is 34.2 Å². The average Bonchev–Trinajstić information content (AvgIpc) is 3.28. The summed E-state index contributed by atoms with van der Waals surface area (Å²) in [6.07, 6.45) is 5.60. The Hall–Kier alpha value is -2.51. The fourth-order valence-electron chi connectivity index (χ4n) is 2.75. The molecule has 0 aliphatic heterocycles. The fraction of sp³-hybridized carbons (Fsp3) is 0.235. The molecule has 4 rings (SSSR count). The molecule has 0 spiro atoms. The first kappa shape index (κ1) is 15.0. The van der Waals surface area contributed by atoms with Crippen LogP contribution in [0.2, 0.25) is 0 Å². The number of nitrogens with zero attached hydrogens (tertiary/aromatic N) is 5. The normalized spacial score (nSPS) is 11.6. The van der Waals surface area contributed by atoms with Crippen molar-refractivity contribution in [3.63, 3.8) is 0 Å². The summed E-state index contributed by atoms with van der Waals surface area (Å²) in [5, 5.41) is 6.20. The quantitative estimate of drug-likeness (QED) is 0.558. The van der Waals surface area contributed by atoms with Gasteiger partial charge in [-0.1, -0.05) is 5.16 Å². The van der Waals surface area contributed by atoms with Crippen LogP contribution < -0.4 is 0 Å². The highest BCUT2D eigenvalue weighted by molar-refractivity contribution is 7.15. The Balaban J connectivity index is 1.48. The molecule has 24 heavy (non-hydrogen) atoms. The van der Waals surface area contributed by atoms with E-state index in [1.165, 1.54) is 5.69 Å². The molecule has 4 aromatic rings. The second kappa shape index (κ2) is 6.18. The number of hydrogen-bond donors (Lipinski definition) is 0. The Labute approximate surface area is 143 Å². The molecular weight excluding hydrogens is 322 g/mol. The number of aromatic nitrogens is 4.